The van der Waals surface area contributed by atoms with Gasteiger partial charge >= 0.3 is 5.97 Å². The third-order valence-electron chi connectivity index (χ3n) is 6.87. The molecular weight excluding hydrogens is 406 g/mol. The number of benzene rings is 1. The summed E-state index contributed by atoms with van der Waals surface area (Å²) in [5.41, 5.74) is 3.72. The molecule has 2 aliphatic carbocycles. The first kappa shape index (κ1) is 20.4. The third-order valence-corrected chi connectivity index (χ3v) is 6.87. The molecule has 0 spiro atoms. The molecule has 7 heteroatoms. The number of amides is 2. The summed E-state index contributed by atoms with van der Waals surface area (Å²) >= 11 is 0. The zero-order valence-corrected chi connectivity index (χ0v) is 18.3. The smallest absolute Gasteiger partial charge is 0.340 e. The van der Waals surface area contributed by atoms with Gasteiger partial charge in [0.05, 0.1) is 35.9 Å². The molecule has 2 fully saturated rings. The Hall–Kier alpha value is -3.48. The average Bonchev–Trinajstić information content (AvgIpc) is 3.51. The number of ether oxygens (including phenoxy) is 1. The van der Waals surface area contributed by atoms with Crippen molar-refractivity contribution in [2.24, 2.45) is 28.8 Å². The standard InChI is InChI=1S/C25H25N3O4/c1-4-32-25(31)19-7-5-6-8-20(19)27-14(2)11-18(15(27)3)13-26-28-23(29)21-16-9-10-17(12-16)22(21)24(28)30/h5-11,13,16-17,21-22H,4,12H2,1-3H3/b26-13-/t16-,17-,21-,22-/m0/s1. The number of carbonyl (C=O) groups is 3. The summed E-state index contributed by atoms with van der Waals surface area (Å²) in [4.78, 5) is 38.2. The fraction of sp³-hybridized carbons (Fsp3) is 0.360. The van der Waals surface area contributed by atoms with Crippen LogP contribution in [-0.4, -0.2) is 40.2 Å². The predicted octanol–water partition coefficient (Wildman–Crippen LogP) is 3.41. The molecule has 2 heterocycles. The van der Waals surface area contributed by atoms with E-state index >= 15 is 0 Å². The van der Waals surface area contributed by atoms with E-state index in [2.05, 4.69) is 17.3 Å². The van der Waals surface area contributed by atoms with Crippen LogP contribution in [0.2, 0.25) is 0 Å². The third kappa shape index (κ3) is 2.95. The lowest BCUT2D eigenvalue weighted by atomic mass is 9.85. The lowest BCUT2D eigenvalue weighted by Gasteiger charge is -2.14. The quantitative estimate of drug-likeness (QED) is 0.314. The van der Waals surface area contributed by atoms with Gasteiger partial charge in [0, 0.05) is 17.0 Å². The Balaban J connectivity index is 1.45. The summed E-state index contributed by atoms with van der Waals surface area (Å²) < 4.78 is 7.17. The first-order valence-corrected chi connectivity index (χ1v) is 11.0. The second-order valence-corrected chi connectivity index (χ2v) is 8.63. The van der Waals surface area contributed by atoms with Gasteiger partial charge in [0.25, 0.3) is 11.8 Å². The lowest BCUT2D eigenvalue weighted by Crippen LogP contribution is -2.28. The molecule has 1 saturated carbocycles. The molecule has 0 radical (unpaired) electrons. The fourth-order valence-corrected chi connectivity index (χ4v) is 5.46. The topological polar surface area (TPSA) is 81.0 Å². The number of fused-ring (bicyclic) bond motifs is 5. The van der Waals surface area contributed by atoms with Crippen LogP contribution in [0.25, 0.3) is 5.69 Å². The normalized spacial score (nSPS) is 25.9. The van der Waals surface area contributed by atoms with Gasteiger partial charge in [-0.05, 0) is 57.2 Å². The lowest BCUT2D eigenvalue weighted by molar-refractivity contribution is -0.140. The molecule has 4 atom stereocenters. The summed E-state index contributed by atoms with van der Waals surface area (Å²) in [6.45, 7) is 5.93. The minimum Gasteiger partial charge on any atom is -0.462 e. The maximum atomic E-state index is 12.9. The number of hydrazone groups is 1. The highest BCUT2D eigenvalue weighted by Gasteiger charge is 2.59. The maximum absolute atomic E-state index is 12.9. The number of carbonyl (C=O) groups excluding carboxylic acids is 3. The molecule has 2 bridgehead atoms. The number of esters is 1. The Bertz CT molecular complexity index is 1160. The first-order valence-electron chi connectivity index (χ1n) is 11.0. The number of hydrogen-bond acceptors (Lipinski definition) is 5. The summed E-state index contributed by atoms with van der Waals surface area (Å²) in [6, 6.07) is 9.20. The van der Waals surface area contributed by atoms with E-state index in [4.69, 9.17) is 4.74 Å². The van der Waals surface area contributed by atoms with Crippen molar-refractivity contribution >= 4 is 24.0 Å². The molecule has 1 saturated heterocycles. The Morgan fingerprint density at radius 3 is 2.44 bits per heavy atom. The highest BCUT2D eigenvalue weighted by Crippen LogP contribution is 2.52. The molecule has 0 unspecified atom stereocenters. The molecule has 32 heavy (non-hydrogen) atoms. The van der Waals surface area contributed by atoms with Gasteiger partial charge in [0.2, 0.25) is 0 Å². The van der Waals surface area contributed by atoms with E-state index in [-0.39, 0.29) is 41.5 Å². The highest BCUT2D eigenvalue weighted by molar-refractivity contribution is 6.07. The van der Waals surface area contributed by atoms with E-state index < -0.39 is 0 Å². The van der Waals surface area contributed by atoms with E-state index in [0.717, 1.165) is 28.4 Å². The summed E-state index contributed by atoms with van der Waals surface area (Å²) in [5, 5.41) is 5.36. The van der Waals surface area contributed by atoms with Crippen LogP contribution in [-0.2, 0) is 14.3 Å². The highest BCUT2D eigenvalue weighted by atomic mass is 16.5. The predicted molar refractivity (Wildman–Crippen MR) is 118 cm³/mol. The second kappa shape index (κ2) is 7.58. The Kier molecular flexibility index (Phi) is 4.84. The molecule has 7 nitrogen and oxygen atoms in total. The van der Waals surface area contributed by atoms with Crippen LogP contribution in [0.15, 0.2) is 47.6 Å². The number of aryl methyl sites for hydroxylation is 1. The Labute approximate surface area is 186 Å². The van der Waals surface area contributed by atoms with Gasteiger partial charge in [0.15, 0.2) is 0 Å². The molecule has 1 aliphatic heterocycles. The molecular formula is C25H25N3O4. The van der Waals surface area contributed by atoms with Crippen LogP contribution >= 0.6 is 0 Å². The molecule has 2 amide bonds. The van der Waals surface area contributed by atoms with Crippen molar-refractivity contribution in [2.75, 3.05) is 6.61 Å². The number of rotatable bonds is 5. The molecule has 2 aromatic rings. The molecule has 0 N–H and O–H groups in total. The fourth-order valence-electron chi connectivity index (χ4n) is 5.46. The van der Waals surface area contributed by atoms with Gasteiger partial charge < -0.3 is 9.30 Å². The molecule has 3 aliphatic rings. The van der Waals surface area contributed by atoms with Crippen LogP contribution in [0.3, 0.4) is 0 Å². The van der Waals surface area contributed by atoms with Crippen molar-refractivity contribution in [2.45, 2.75) is 27.2 Å². The van der Waals surface area contributed by atoms with Gasteiger partial charge in [0.1, 0.15) is 0 Å². The number of aromatic nitrogens is 1. The number of imide groups is 1. The van der Waals surface area contributed by atoms with Crippen LogP contribution in [0, 0.1) is 37.5 Å². The van der Waals surface area contributed by atoms with Crippen molar-refractivity contribution < 1.29 is 19.1 Å². The molecule has 164 valence electrons. The number of hydrogen-bond donors (Lipinski definition) is 0. The number of allylic oxidation sites excluding steroid dienone is 2. The maximum Gasteiger partial charge on any atom is 0.340 e. The number of para-hydroxylation sites is 1. The Morgan fingerprint density at radius 1 is 1.12 bits per heavy atom. The van der Waals surface area contributed by atoms with Gasteiger partial charge in [-0.3, -0.25) is 9.59 Å². The monoisotopic (exact) mass is 431 g/mol. The number of nitrogens with zero attached hydrogens (tertiary/aromatic N) is 3. The second-order valence-electron chi connectivity index (χ2n) is 8.63. The largest absolute Gasteiger partial charge is 0.462 e. The SMILES string of the molecule is CCOC(=O)c1ccccc1-n1c(C)cc(/C=N\N2C(=O)[C@@H]3[C@@H](C2=O)[C@H]2C=C[C@H]3C2)c1C. The van der Waals surface area contributed by atoms with Crippen molar-refractivity contribution in [1.82, 2.24) is 9.58 Å². The molecule has 1 aromatic heterocycles. The van der Waals surface area contributed by atoms with Gasteiger partial charge in [-0.25, -0.2) is 4.79 Å². The zero-order chi connectivity index (χ0) is 22.6. The van der Waals surface area contributed by atoms with E-state index in [1.807, 2.05) is 36.6 Å². The van der Waals surface area contributed by atoms with E-state index in [1.165, 1.54) is 0 Å². The van der Waals surface area contributed by atoms with E-state index in [1.54, 1.807) is 25.3 Å². The van der Waals surface area contributed by atoms with Crippen LogP contribution in [0.5, 0.6) is 0 Å². The van der Waals surface area contributed by atoms with Crippen molar-refractivity contribution in [1.29, 1.82) is 0 Å². The Morgan fingerprint density at radius 2 is 1.78 bits per heavy atom. The van der Waals surface area contributed by atoms with E-state index in [0.29, 0.717) is 17.9 Å². The summed E-state index contributed by atoms with van der Waals surface area (Å²) in [7, 11) is 0. The van der Waals surface area contributed by atoms with Crippen molar-refractivity contribution in [3.05, 3.63) is 65.0 Å². The van der Waals surface area contributed by atoms with Crippen molar-refractivity contribution in [3.63, 3.8) is 0 Å². The van der Waals surface area contributed by atoms with Crippen LogP contribution < -0.4 is 0 Å². The zero-order valence-electron chi connectivity index (χ0n) is 18.3. The van der Waals surface area contributed by atoms with E-state index in [9.17, 15) is 14.4 Å². The van der Waals surface area contributed by atoms with Crippen LogP contribution in [0.1, 0.15) is 40.7 Å². The first-order chi connectivity index (χ1) is 15.4. The summed E-state index contributed by atoms with van der Waals surface area (Å²) in [5.74, 6) is -0.993. The van der Waals surface area contributed by atoms with Gasteiger partial charge in [-0.1, -0.05) is 24.3 Å². The average molecular weight is 431 g/mol. The molecule has 1 aromatic carbocycles. The van der Waals surface area contributed by atoms with Crippen molar-refractivity contribution in [3.8, 4) is 5.69 Å². The summed E-state index contributed by atoms with van der Waals surface area (Å²) in [6.07, 6.45) is 6.60. The van der Waals surface area contributed by atoms with Gasteiger partial charge in [-0.15, -0.1) is 0 Å². The molecule has 5 rings (SSSR count). The van der Waals surface area contributed by atoms with Crippen LogP contribution in [0.4, 0.5) is 0 Å². The van der Waals surface area contributed by atoms with Gasteiger partial charge in [-0.2, -0.15) is 10.1 Å². The minimum atomic E-state index is -0.381. The minimum absolute atomic E-state index is 0.158.